The molecule has 0 aromatic carbocycles. The van der Waals surface area contributed by atoms with E-state index in [1.165, 1.54) is 0 Å². The first kappa shape index (κ1) is 28.1. The molecule has 0 radical (unpaired) electrons. The zero-order valence-electron chi connectivity index (χ0n) is 17.0. The van der Waals surface area contributed by atoms with E-state index < -0.39 is 79.1 Å². The molecule has 0 aliphatic rings. The van der Waals surface area contributed by atoms with E-state index in [2.05, 4.69) is 23.3 Å². The summed E-state index contributed by atoms with van der Waals surface area (Å²) in [6.07, 6.45) is -1.90. The Morgan fingerprint density at radius 1 is 0.806 bits per heavy atom. The minimum absolute atomic E-state index is 0.194. The van der Waals surface area contributed by atoms with Gasteiger partial charge < -0.3 is 37.0 Å². The molecule has 0 aliphatic carbocycles. The molecule has 3 amide bonds. The average molecular weight is 464 g/mol. The van der Waals surface area contributed by atoms with E-state index in [4.69, 9.17) is 21.1 Å². The largest absolute Gasteiger partial charge is 0.481 e. The number of nitrogens with two attached hydrogens (primary N) is 1. The first-order valence-electron chi connectivity index (χ1n) is 9.24. The highest BCUT2D eigenvalue weighted by Crippen LogP contribution is 2.03. The summed E-state index contributed by atoms with van der Waals surface area (Å²) < 4.78 is 0. The highest BCUT2D eigenvalue weighted by molar-refractivity contribution is 7.80. The number of hydrogen-bond donors (Lipinski definition) is 8. The van der Waals surface area contributed by atoms with Crippen molar-refractivity contribution in [3.63, 3.8) is 0 Å². The summed E-state index contributed by atoms with van der Waals surface area (Å²) in [7, 11) is 0. The fourth-order valence-electron chi connectivity index (χ4n) is 2.22. The standard InChI is InChI=1S/C17H28N4O9S/c1-7(2)13(18)16(28)21-10(6-31)15(27)20-9(5-12(24)25)14(26)19-8(17(29)30)3-4-11(22)23/h7-10,13,31H,3-6,18H2,1-2H3,(H,19,26)(H,20,27)(H,21,28)(H,22,23)(H,24,25)(H,29,30). The predicted octanol–water partition coefficient (Wildman–Crippen LogP) is -2.22. The first-order chi connectivity index (χ1) is 14.3. The number of hydrogen-bond acceptors (Lipinski definition) is 8. The lowest BCUT2D eigenvalue weighted by Gasteiger charge is -2.24. The van der Waals surface area contributed by atoms with Crippen LogP contribution < -0.4 is 21.7 Å². The van der Waals surface area contributed by atoms with Crippen LogP contribution in [0.15, 0.2) is 0 Å². The number of rotatable bonds is 14. The fourth-order valence-corrected chi connectivity index (χ4v) is 2.48. The summed E-state index contributed by atoms with van der Waals surface area (Å²) in [6.45, 7) is 3.38. The SMILES string of the molecule is CC(C)C(N)C(=O)NC(CS)C(=O)NC(CC(=O)O)C(=O)NC(CCC(=O)O)C(=O)O. The summed E-state index contributed by atoms with van der Waals surface area (Å²) >= 11 is 3.96. The van der Waals surface area contributed by atoms with Gasteiger partial charge in [-0.1, -0.05) is 13.8 Å². The van der Waals surface area contributed by atoms with E-state index in [0.717, 1.165) is 0 Å². The number of thiol groups is 1. The quantitative estimate of drug-likeness (QED) is 0.129. The van der Waals surface area contributed by atoms with Crippen LogP contribution in [0.25, 0.3) is 0 Å². The molecule has 31 heavy (non-hydrogen) atoms. The van der Waals surface area contributed by atoms with Crippen LogP contribution in [-0.4, -0.2) is 80.9 Å². The molecule has 4 unspecified atom stereocenters. The van der Waals surface area contributed by atoms with Crippen LogP contribution in [0.1, 0.15) is 33.1 Å². The Balaban J connectivity index is 5.31. The van der Waals surface area contributed by atoms with E-state index in [1.807, 2.05) is 5.32 Å². The van der Waals surface area contributed by atoms with Crippen LogP contribution in [0.4, 0.5) is 0 Å². The van der Waals surface area contributed by atoms with Gasteiger partial charge in [-0.05, 0) is 12.3 Å². The molecule has 0 aromatic heterocycles. The minimum atomic E-state index is -1.69. The second-order valence-electron chi connectivity index (χ2n) is 7.00. The molecule has 8 N–H and O–H groups in total. The van der Waals surface area contributed by atoms with Crippen molar-refractivity contribution in [2.24, 2.45) is 11.7 Å². The normalized spacial score (nSPS) is 14.6. The maximum atomic E-state index is 12.5. The molecular weight excluding hydrogens is 436 g/mol. The number of carboxylic acid groups (broad SMARTS) is 3. The van der Waals surface area contributed by atoms with Gasteiger partial charge in [-0.25, -0.2) is 4.79 Å². The van der Waals surface area contributed by atoms with Gasteiger partial charge in [0.05, 0.1) is 12.5 Å². The summed E-state index contributed by atoms with van der Waals surface area (Å²) in [5.74, 6) is -7.43. The van der Waals surface area contributed by atoms with E-state index in [9.17, 15) is 28.8 Å². The van der Waals surface area contributed by atoms with E-state index >= 15 is 0 Å². The summed E-state index contributed by atoms with van der Waals surface area (Å²) in [5.41, 5.74) is 5.70. The van der Waals surface area contributed by atoms with Gasteiger partial charge in [-0.2, -0.15) is 12.6 Å². The molecule has 13 nitrogen and oxygen atoms in total. The molecular formula is C17H28N4O9S. The molecule has 4 atom stereocenters. The maximum Gasteiger partial charge on any atom is 0.326 e. The van der Waals surface area contributed by atoms with Gasteiger partial charge in [-0.3, -0.25) is 24.0 Å². The van der Waals surface area contributed by atoms with Gasteiger partial charge in [0.25, 0.3) is 0 Å². The fraction of sp³-hybridized carbons (Fsp3) is 0.647. The molecule has 0 fully saturated rings. The highest BCUT2D eigenvalue weighted by Gasteiger charge is 2.31. The number of aliphatic carboxylic acids is 3. The molecule has 0 aliphatic heterocycles. The maximum absolute atomic E-state index is 12.5. The number of nitrogens with one attached hydrogen (secondary N) is 3. The third kappa shape index (κ3) is 10.6. The van der Waals surface area contributed by atoms with Crippen molar-refractivity contribution in [2.75, 3.05) is 5.75 Å². The van der Waals surface area contributed by atoms with Gasteiger partial charge >= 0.3 is 17.9 Å². The lowest BCUT2D eigenvalue weighted by atomic mass is 10.0. The Bertz CT molecular complexity index is 701. The molecule has 0 saturated heterocycles. The Labute approximate surface area is 183 Å². The number of carbonyl (C=O) groups is 6. The Morgan fingerprint density at radius 2 is 1.29 bits per heavy atom. The number of carboxylic acids is 3. The van der Waals surface area contributed by atoms with Gasteiger partial charge in [-0.15, -0.1) is 0 Å². The van der Waals surface area contributed by atoms with Crippen molar-refractivity contribution < 1.29 is 44.1 Å². The zero-order chi connectivity index (χ0) is 24.3. The third-order valence-corrected chi connectivity index (χ3v) is 4.47. The van der Waals surface area contributed by atoms with E-state index in [0.29, 0.717) is 0 Å². The van der Waals surface area contributed by atoms with Crippen LogP contribution >= 0.6 is 12.6 Å². The van der Waals surface area contributed by atoms with Crippen LogP contribution in [0, 0.1) is 5.92 Å². The summed E-state index contributed by atoms with van der Waals surface area (Å²) in [4.78, 5) is 69.8. The van der Waals surface area contributed by atoms with E-state index in [1.54, 1.807) is 13.8 Å². The van der Waals surface area contributed by atoms with Crippen LogP contribution in [0.5, 0.6) is 0 Å². The number of carbonyl (C=O) groups excluding carboxylic acids is 3. The average Bonchev–Trinajstić information content (AvgIpc) is 2.66. The van der Waals surface area contributed by atoms with Crippen molar-refractivity contribution in [3.8, 4) is 0 Å². The summed E-state index contributed by atoms with van der Waals surface area (Å²) in [5, 5.41) is 33.3. The van der Waals surface area contributed by atoms with E-state index in [-0.39, 0.29) is 11.7 Å². The molecule has 0 rings (SSSR count). The van der Waals surface area contributed by atoms with Gasteiger partial charge in [0.15, 0.2) is 0 Å². The lowest BCUT2D eigenvalue weighted by molar-refractivity contribution is -0.144. The zero-order valence-corrected chi connectivity index (χ0v) is 17.9. The van der Waals surface area contributed by atoms with Crippen molar-refractivity contribution in [2.45, 2.75) is 57.3 Å². The lowest BCUT2D eigenvalue weighted by Crippen LogP contribution is -2.58. The molecule has 0 bridgehead atoms. The molecule has 14 heteroatoms. The highest BCUT2D eigenvalue weighted by atomic mass is 32.1. The van der Waals surface area contributed by atoms with Crippen LogP contribution in [0.3, 0.4) is 0 Å². The molecule has 0 spiro atoms. The van der Waals surface area contributed by atoms with Gasteiger partial charge in [0, 0.05) is 12.2 Å². The topological polar surface area (TPSA) is 225 Å². The smallest absolute Gasteiger partial charge is 0.326 e. The van der Waals surface area contributed by atoms with Crippen molar-refractivity contribution in [1.82, 2.24) is 16.0 Å². The predicted molar refractivity (Wildman–Crippen MR) is 109 cm³/mol. The first-order valence-corrected chi connectivity index (χ1v) is 9.87. The molecule has 0 aromatic rings. The van der Waals surface area contributed by atoms with Crippen LogP contribution in [0.2, 0.25) is 0 Å². The molecule has 176 valence electrons. The Morgan fingerprint density at radius 3 is 1.71 bits per heavy atom. The van der Waals surface area contributed by atoms with Gasteiger partial charge in [0.2, 0.25) is 17.7 Å². The van der Waals surface area contributed by atoms with Crippen molar-refractivity contribution in [1.29, 1.82) is 0 Å². The van der Waals surface area contributed by atoms with Crippen LogP contribution in [-0.2, 0) is 28.8 Å². The third-order valence-electron chi connectivity index (χ3n) is 4.11. The van der Waals surface area contributed by atoms with Gasteiger partial charge in [0.1, 0.15) is 18.1 Å². The minimum Gasteiger partial charge on any atom is -0.481 e. The second-order valence-corrected chi connectivity index (χ2v) is 7.37. The van der Waals surface area contributed by atoms with Crippen molar-refractivity contribution in [3.05, 3.63) is 0 Å². The second kappa shape index (κ2) is 13.4. The Kier molecular flexibility index (Phi) is 12.2. The molecule has 0 saturated carbocycles. The molecule has 0 heterocycles. The monoisotopic (exact) mass is 464 g/mol. The summed E-state index contributed by atoms with van der Waals surface area (Å²) in [6, 6.07) is -5.46. The Hall–Kier alpha value is -2.87. The van der Waals surface area contributed by atoms with Crippen molar-refractivity contribution >= 4 is 48.3 Å². The number of amides is 3.